The molecule has 112 valence electrons. The number of hydrogen-bond acceptors (Lipinski definition) is 2. The van der Waals surface area contributed by atoms with Gasteiger partial charge in [-0.15, -0.1) is 0 Å². The Hall–Kier alpha value is -1.67. The maximum absolute atomic E-state index is 4.44. The van der Waals surface area contributed by atoms with Crippen molar-refractivity contribution >= 4 is 6.21 Å². The van der Waals surface area contributed by atoms with Crippen LogP contribution in [0.2, 0.25) is 0 Å². The van der Waals surface area contributed by atoms with Crippen LogP contribution in [0.3, 0.4) is 0 Å². The summed E-state index contributed by atoms with van der Waals surface area (Å²) in [6.45, 7) is 4.34. The van der Waals surface area contributed by atoms with E-state index in [-0.39, 0.29) is 0 Å². The van der Waals surface area contributed by atoms with Gasteiger partial charge >= 0.3 is 0 Å². The lowest BCUT2D eigenvalue weighted by atomic mass is 9.98. The number of aliphatic imine (C=N–C) groups is 1. The van der Waals surface area contributed by atoms with Crippen LogP contribution < -0.4 is 5.32 Å². The molecule has 1 aliphatic rings. The van der Waals surface area contributed by atoms with Crippen molar-refractivity contribution < 1.29 is 0 Å². The van der Waals surface area contributed by atoms with Gasteiger partial charge in [-0.3, -0.25) is 4.99 Å². The number of aryl methyl sites for hydroxylation is 1. The zero-order valence-corrected chi connectivity index (χ0v) is 13.4. The summed E-state index contributed by atoms with van der Waals surface area (Å²) in [5, 5.41) is 3.42. The van der Waals surface area contributed by atoms with Gasteiger partial charge in [-0.25, -0.2) is 0 Å². The topological polar surface area (TPSA) is 24.4 Å². The van der Waals surface area contributed by atoms with Crippen LogP contribution in [0.15, 0.2) is 52.7 Å². The first kappa shape index (κ1) is 15.7. The molecule has 1 heterocycles. The zero-order chi connectivity index (χ0) is 15.1. The fourth-order valence-corrected chi connectivity index (χ4v) is 2.56. The molecule has 1 aromatic rings. The SMILES string of the molecule is CN[C@@H](C/C(C)=C\CC1=CCCC=N1)c1ccc(C)cc1. The van der Waals surface area contributed by atoms with Gasteiger partial charge in [-0.05, 0) is 45.7 Å². The van der Waals surface area contributed by atoms with Gasteiger partial charge < -0.3 is 5.32 Å². The van der Waals surface area contributed by atoms with Crippen LogP contribution in [0.5, 0.6) is 0 Å². The third-order valence-corrected chi connectivity index (χ3v) is 3.95. The summed E-state index contributed by atoms with van der Waals surface area (Å²) in [5.74, 6) is 0. The molecule has 0 bridgehead atoms. The molecule has 1 aromatic carbocycles. The first-order valence-electron chi connectivity index (χ1n) is 7.80. The third kappa shape index (κ3) is 4.98. The minimum absolute atomic E-state index is 0.380. The first-order chi connectivity index (χ1) is 10.2. The van der Waals surface area contributed by atoms with Crippen LogP contribution in [-0.4, -0.2) is 13.3 Å². The molecule has 2 heteroatoms. The van der Waals surface area contributed by atoms with Crippen LogP contribution in [0.1, 0.15) is 49.8 Å². The molecule has 1 atom stereocenters. The Morgan fingerprint density at radius 1 is 1.29 bits per heavy atom. The molecular formula is C19H26N2. The van der Waals surface area contributed by atoms with Gasteiger partial charge in [0.1, 0.15) is 0 Å². The van der Waals surface area contributed by atoms with Gasteiger partial charge in [0.25, 0.3) is 0 Å². The Morgan fingerprint density at radius 2 is 2.05 bits per heavy atom. The lowest BCUT2D eigenvalue weighted by molar-refractivity contribution is 0.588. The maximum atomic E-state index is 4.44. The van der Waals surface area contributed by atoms with Crippen molar-refractivity contribution in [1.82, 2.24) is 5.32 Å². The molecule has 0 aromatic heterocycles. The Balaban J connectivity index is 1.95. The van der Waals surface area contributed by atoms with E-state index in [1.54, 1.807) is 0 Å². The Kier molecular flexibility index (Phi) is 5.94. The normalized spacial score (nSPS) is 16.7. The van der Waals surface area contributed by atoms with E-state index >= 15 is 0 Å². The van der Waals surface area contributed by atoms with Crippen LogP contribution in [0.4, 0.5) is 0 Å². The molecule has 0 spiro atoms. The van der Waals surface area contributed by atoms with Gasteiger partial charge in [-0.1, -0.05) is 47.6 Å². The van der Waals surface area contributed by atoms with Gasteiger partial charge in [0.05, 0.1) is 0 Å². The smallest absolute Gasteiger partial charge is 0.0397 e. The second kappa shape index (κ2) is 7.94. The Labute approximate surface area is 128 Å². The fourth-order valence-electron chi connectivity index (χ4n) is 2.56. The minimum atomic E-state index is 0.380. The van der Waals surface area contributed by atoms with E-state index in [2.05, 4.69) is 60.6 Å². The number of allylic oxidation sites excluding steroid dienone is 2. The fraction of sp³-hybridized carbons (Fsp3) is 0.421. The summed E-state index contributed by atoms with van der Waals surface area (Å²) in [6, 6.07) is 9.18. The highest BCUT2D eigenvalue weighted by Gasteiger charge is 2.09. The Morgan fingerprint density at radius 3 is 2.67 bits per heavy atom. The molecule has 21 heavy (non-hydrogen) atoms. The molecule has 1 N–H and O–H groups in total. The maximum Gasteiger partial charge on any atom is 0.0397 e. The van der Waals surface area contributed by atoms with Crippen LogP contribution in [0, 0.1) is 6.92 Å². The van der Waals surface area contributed by atoms with E-state index < -0.39 is 0 Å². The van der Waals surface area contributed by atoms with Gasteiger partial charge in [0.2, 0.25) is 0 Å². The van der Waals surface area contributed by atoms with E-state index in [0.717, 1.165) is 25.7 Å². The Bertz CT molecular complexity index is 535. The van der Waals surface area contributed by atoms with Crippen LogP contribution in [-0.2, 0) is 0 Å². The number of nitrogens with one attached hydrogen (secondary N) is 1. The summed E-state index contributed by atoms with van der Waals surface area (Å²) in [7, 11) is 2.03. The number of benzene rings is 1. The molecule has 0 saturated carbocycles. The molecule has 0 fully saturated rings. The first-order valence-corrected chi connectivity index (χ1v) is 7.80. The summed E-state index contributed by atoms with van der Waals surface area (Å²) >= 11 is 0. The van der Waals surface area contributed by atoms with E-state index in [1.807, 2.05) is 13.3 Å². The van der Waals surface area contributed by atoms with Crippen molar-refractivity contribution in [2.45, 2.75) is 45.6 Å². The highest BCUT2D eigenvalue weighted by atomic mass is 14.9. The van der Waals surface area contributed by atoms with E-state index in [0.29, 0.717) is 6.04 Å². The lowest BCUT2D eigenvalue weighted by Gasteiger charge is -2.17. The molecule has 0 radical (unpaired) electrons. The standard InChI is InChI=1S/C19H26N2/c1-15-7-10-17(11-8-15)19(20-3)14-16(2)9-12-18-6-4-5-13-21-18/h6-11,13,19-20H,4-5,12,14H2,1-3H3/b16-9-/t19-/m0/s1. The molecule has 0 saturated heterocycles. The van der Waals surface area contributed by atoms with E-state index in [9.17, 15) is 0 Å². The van der Waals surface area contributed by atoms with Crippen molar-refractivity contribution in [3.05, 3.63) is 58.8 Å². The summed E-state index contributed by atoms with van der Waals surface area (Å²) in [6.07, 6.45) is 10.8. The molecular weight excluding hydrogens is 256 g/mol. The summed E-state index contributed by atoms with van der Waals surface area (Å²) < 4.78 is 0. The van der Waals surface area contributed by atoms with E-state index in [4.69, 9.17) is 0 Å². The van der Waals surface area contributed by atoms with Crippen molar-refractivity contribution in [3.8, 4) is 0 Å². The molecule has 2 nitrogen and oxygen atoms in total. The van der Waals surface area contributed by atoms with Crippen LogP contribution in [0.25, 0.3) is 0 Å². The monoisotopic (exact) mass is 282 g/mol. The second-order valence-electron chi connectivity index (χ2n) is 5.80. The zero-order valence-electron chi connectivity index (χ0n) is 13.4. The molecule has 0 aliphatic carbocycles. The predicted octanol–water partition coefficient (Wildman–Crippen LogP) is 4.73. The molecule has 0 unspecified atom stereocenters. The largest absolute Gasteiger partial charge is 0.313 e. The summed E-state index contributed by atoms with van der Waals surface area (Å²) in [5.41, 5.74) is 5.28. The lowest BCUT2D eigenvalue weighted by Crippen LogP contribution is -2.16. The van der Waals surface area contributed by atoms with Gasteiger partial charge in [0, 0.05) is 24.4 Å². The van der Waals surface area contributed by atoms with Crippen LogP contribution >= 0.6 is 0 Å². The number of nitrogens with zero attached hydrogens (tertiary/aromatic N) is 1. The number of hydrogen-bond donors (Lipinski definition) is 1. The highest BCUT2D eigenvalue weighted by Crippen LogP contribution is 2.22. The van der Waals surface area contributed by atoms with Crippen molar-refractivity contribution in [2.75, 3.05) is 7.05 Å². The van der Waals surface area contributed by atoms with Gasteiger partial charge in [-0.2, -0.15) is 0 Å². The van der Waals surface area contributed by atoms with Gasteiger partial charge in [0.15, 0.2) is 0 Å². The average Bonchev–Trinajstić information content (AvgIpc) is 2.52. The summed E-state index contributed by atoms with van der Waals surface area (Å²) in [4.78, 5) is 4.44. The van der Waals surface area contributed by atoms with Crippen molar-refractivity contribution in [3.63, 3.8) is 0 Å². The molecule has 2 rings (SSSR count). The molecule has 0 amide bonds. The highest BCUT2D eigenvalue weighted by molar-refractivity contribution is 5.60. The average molecular weight is 282 g/mol. The number of rotatable bonds is 6. The quantitative estimate of drug-likeness (QED) is 0.749. The van der Waals surface area contributed by atoms with Crippen molar-refractivity contribution in [2.24, 2.45) is 4.99 Å². The molecule has 1 aliphatic heterocycles. The second-order valence-corrected chi connectivity index (χ2v) is 5.80. The van der Waals surface area contributed by atoms with Crippen molar-refractivity contribution in [1.29, 1.82) is 0 Å². The predicted molar refractivity (Wildman–Crippen MR) is 91.8 cm³/mol. The third-order valence-electron chi connectivity index (χ3n) is 3.95. The minimum Gasteiger partial charge on any atom is -0.313 e. The van der Waals surface area contributed by atoms with E-state index in [1.165, 1.54) is 22.4 Å².